The molecular formula is C17H28O3. The van der Waals surface area contributed by atoms with E-state index in [1.165, 1.54) is 38.5 Å². The van der Waals surface area contributed by atoms with Crippen molar-refractivity contribution < 1.29 is 15.0 Å². The van der Waals surface area contributed by atoms with E-state index in [0.29, 0.717) is 6.42 Å². The molecule has 20 heavy (non-hydrogen) atoms. The molecule has 0 spiro atoms. The van der Waals surface area contributed by atoms with Crippen LogP contribution in [0.4, 0.5) is 0 Å². The van der Waals surface area contributed by atoms with Crippen LogP contribution in [0.15, 0.2) is 12.2 Å². The summed E-state index contributed by atoms with van der Waals surface area (Å²) >= 11 is 0. The third kappa shape index (κ3) is 8.77. The van der Waals surface area contributed by atoms with Gasteiger partial charge in [0, 0.05) is 6.92 Å². The Morgan fingerprint density at radius 1 is 1.15 bits per heavy atom. The molecule has 0 heterocycles. The van der Waals surface area contributed by atoms with Crippen molar-refractivity contribution in [3.63, 3.8) is 0 Å². The van der Waals surface area contributed by atoms with E-state index in [-0.39, 0.29) is 0 Å². The van der Waals surface area contributed by atoms with Crippen molar-refractivity contribution in [2.24, 2.45) is 0 Å². The van der Waals surface area contributed by atoms with Crippen LogP contribution in [0.3, 0.4) is 0 Å². The Kier molecular flexibility index (Phi) is 9.84. The van der Waals surface area contributed by atoms with Crippen LogP contribution in [0.5, 0.6) is 0 Å². The zero-order chi connectivity index (χ0) is 15.4. The van der Waals surface area contributed by atoms with Gasteiger partial charge >= 0.3 is 0 Å². The van der Waals surface area contributed by atoms with Gasteiger partial charge in [-0.2, -0.15) is 0 Å². The van der Waals surface area contributed by atoms with Gasteiger partial charge < -0.3 is 10.2 Å². The summed E-state index contributed by atoms with van der Waals surface area (Å²) in [6.07, 6.45) is 16.8. The second-order valence-electron chi connectivity index (χ2n) is 5.46. The second kappa shape index (κ2) is 10.5. The Balaban J connectivity index is 0.000000796. The van der Waals surface area contributed by atoms with Crippen LogP contribution < -0.4 is 0 Å². The number of carboxylic acids is 1. The maximum absolute atomic E-state index is 10.3. The topological polar surface area (TPSA) is 57.5 Å². The van der Waals surface area contributed by atoms with Gasteiger partial charge in [-0.1, -0.05) is 51.0 Å². The van der Waals surface area contributed by atoms with Crippen molar-refractivity contribution in [2.45, 2.75) is 76.7 Å². The van der Waals surface area contributed by atoms with E-state index >= 15 is 0 Å². The maximum Gasteiger partial charge on any atom is 0.300 e. The summed E-state index contributed by atoms with van der Waals surface area (Å²) in [5.74, 6) is 1.70. The monoisotopic (exact) mass is 280 g/mol. The summed E-state index contributed by atoms with van der Waals surface area (Å²) in [5, 5.41) is 17.7. The molecule has 0 radical (unpaired) electrons. The summed E-state index contributed by atoms with van der Waals surface area (Å²) < 4.78 is 0. The van der Waals surface area contributed by atoms with Crippen LogP contribution >= 0.6 is 0 Å². The van der Waals surface area contributed by atoms with E-state index in [1.807, 2.05) is 0 Å². The summed E-state index contributed by atoms with van der Waals surface area (Å²) in [6.45, 7) is 5.06. The van der Waals surface area contributed by atoms with E-state index < -0.39 is 11.6 Å². The van der Waals surface area contributed by atoms with Crippen molar-refractivity contribution in [2.75, 3.05) is 0 Å². The molecular weight excluding hydrogens is 252 g/mol. The van der Waals surface area contributed by atoms with Gasteiger partial charge in [0.15, 0.2) is 0 Å². The van der Waals surface area contributed by atoms with Crippen molar-refractivity contribution in [1.82, 2.24) is 0 Å². The fraction of sp³-hybridized carbons (Fsp3) is 0.706. The number of hydrogen-bond donors (Lipinski definition) is 2. The summed E-state index contributed by atoms with van der Waals surface area (Å²) in [7, 11) is 0. The van der Waals surface area contributed by atoms with Crippen LogP contribution in [-0.4, -0.2) is 21.8 Å². The third-order valence-electron chi connectivity index (χ3n) is 3.59. The molecule has 114 valence electrons. The number of terminal acetylenes is 1. The first-order chi connectivity index (χ1) is 9.42. The highest BCUT2D eigenvalue weighted by Gasteiger charge is 2.26. The van der Waals surface area contributed by atoms with Gasteiger partial charge in [0.05, 0.1) is 0 Å². The predicted molar refractivity (Wildman–Crippen MR) is 82.4 cm³/mol. The lowest BCUT2D eigenvalue weighted by Gasteiger charge is -2.25. The second-order valence-corrected chi connectivity index (χ2v) is 5.46. The van der Waals surface area contributed by atoms with E-state index in [9.17, 15) is 5.11 Å². The molecule has 0 aliphatic heterocycles. The standard InChI is InChI=1S/C15H24O.C2H4O2/c1-3-15(16)13-11-9-7-5-4-6-8-10-12-14(15)2;1-2(3)4/h1,16H,2,4-13H2;1H3,(H,3,4). The van der Waals surface area contributed by atoms with Crippen LogP contribution in [0.25, 0.3) is 0 Å². The minimum Gasteiger partial charge on any atom is -0.481 e. The van der Waals surface area contributed by atoms with Crippen molar-refractivity contribution in [1.29, 1.82) is 0 Å². The predicted octanol–water partition coefficient (Wildman–Crippen LogP) is 3.91. The van der Waals surface area contributed by atoms with Crippen LogP contribution in [-0.2, 0) is 4.79 Å². The van der Waals surface area contributed by atoms with Gasteiger partial charge in [-0.3, -0.25) is 4.79 Å². The molecule has 0 aromatic carbocycles. The zero-order valence-corrected chi connectivity index (χ0v) is 12.7. The van der Waals surface area contributed by atoms with E-state index in [1.54, 1.807) is 0 Å². The molecule has 2 N–H and O–H groups in total. The van der Waals surface area contributed by atoms with E-state index in [4.69, 9.17) is 16.3 Å². The van der Waals surface area contributed by atoms with Gasteiger partial charge in [-0.05, 0) is 31.3 Å². The first-order valence-corrected chi connectivity index (χ1v) is 7.50. The van der Waals surface area contributed by atoms with Crippen molar-refractivity contribution in [3.8, 4) is 12.3 Å². The van der Waals surface area contributed by atoms with Crippen LogP contribution in [0.2, 0.25) is 0 Å². The lowest BCUT2D eigenvalue weighted by molar-refractivity contribution is -0.134. The SMILES string of the molecule is C#CC1(O)CCCCCCCCCCC1=C.CC(=O)O. The number of rotatable bonds is 0. The molecule has 0 bridgehead atoms. The number of carboxylic acid groups (broad SMARTS) is 1. The fourth-order valence-electron chi connectivity index (χ4n) is 2.34. The van der Waals surface area contributed by atoms with Crippen LogP contribution in [0.1, 0.15) is 71.1 Å². The highest BCUT2D eigenvalue weighted by atomic mass is 16.4. The average molecular weight is 280 g/mol. The molecule has 1 rings (SSSR count). The third-order valence-corrected chi connectivity index (χ3v) is 3.59. The number of aliphatic hydroxyl groups is 1. The highest BCUT2D eigenvalue weighted by Crippen LogP contribution is 2.27. The Hall–Kier alpha value is -1.27. The molecule has 0 saturated heterocycles. The molecule has 1 unspecified atom stereocenters. The summed E-state index contributed by atoms with van der Waals surface area (Å²) in [6, 6.07) is 0. The summed E-state index contributed by atoms with van der Waals surface area (Å²) in [5.41, 5.74) is -0.199. The first kappa shape index (κ1) is 18.7. The van der Waals surface area contributed by atoms with Gasteiger partial charge in [0.2, 0.25) is 0 Å². The number of aliphatic carboxylic acids is 1. The quantitative estimate of drug-likeness (QED) is 0.522. The Labute approximate surface area is 123 Å². The zero-order valence-electron chi connectivity index (χ0n) is 12.7. The number of carbonyl (C=O) groups is 1. The largest absolute Gasteiger partial charge is 0.481 e. The molecule has 1 aliphatic rings. The van der Waals surface area contributed by atoms with Crippen molar-refractivity contribution in [3.05, 3.63) is 12.2 Å². The fourth-order valence-corrected chi connectivity index (χ4v) is 2.34. The minimum absolute atomic E-state index is 0.683. The van der Waals surface area contributed by atoms with E-state index in [0.717, 1.165) is 31.8 Å². The van der Waals surface area contributed by atoms with Gasteiger partial charge in [0.25, 0.3) is 5.97 Å². The lowest BCUT2D eigenvalue weighted by Crippen LogP contribution is -2.28. The highest BCUT2D eigenvalue weighted by molar-refractivity contribution is 5.62. The minimum atomic E-state index is -1.04. The summed E-state index contributed by atoms with van der Waals surface area (Å²) in [4.78, 5) is 9.00. The molecule has 1 aliphatic carbocycles. The van der Waals surface area contributed by atoms with E-state index in [2.05, 4.69) is 12.5 Å². The number of hydrogen-bond acceptors (Lipinski definition) is 2. The molecule has 3 nitrogen and oxygen atoms in total. The molecule has 3 heteroatoms. The molecule has 0 aromatic rings. The smallest absolute Gasteiger partial charge is 0.300 e. The first-order valence-electron chi connectivity index (χ1n) is 7.50. The Morgan fingerprint density at radius 3 is 2.00 bits per heavy atom. The van der Waals surface area contributed by atoms with Gasteiger partial charge in [0.1, 0.15) is 5.60 Å². The Morgan fingerprint density at radius 2 is 1.55 bits per heavy atom. The molecule has 0 amide bonds. The normalized spacial score (nSPS) is 25.1. The molecule has 0 aromatic heterocycles. The lowest BCUT2D eigenvalue weighted by atomic mass is 9.86. The molecule has 1 saturated carbocycles. The van der Waals surface area contributed by atoms with Crippen LogP contribution in [0, 0.1) is 12.3 Å². The van der Waals surface area contributed by atoms with Crippen molar-refractivity contribution >= 4 is 5.97 Å². The Bertz CT molecular complexity index is 337. The maximum atomic E-state index is 10.3. The molecule has 1 atom stereocenters. The average Bonchev–Trinajstić information content (AvgIpc) is 2.38. The van der Waals surface area contributed by atoms with Gasteiger partial charge in [-0.15, -0.1) is 6.42 Å². The molecule has 1 fully saturated rings. The van der Waals surface area contributed by atoms with Gasteiger partial charge in [-0.25, -0.2) is 0 Å².